The van der Waals surface area contributed by atoms with Crippen LogP contribution < -0.4 is 0 Å². The van der Waals surface area contributed by atoms with Crippen LogP contribution in [0.2, 0.25) is 0 Å². The van der Waals surface area contributed by atoms with E-state index in [9.17, 15) is 4.79 Å². The highest BCUT2D eigenvalue weighted by Crippen LogP contribution is 2.35. The van der Waals surface area contributed by atoms with Crippen molar-refractivity contribution in [3.05, 3.63) is 35.7 Å². The van der Waals surface area contributed by atoms with E-state index in [1.807, 2.05) is 0 Å². The van der Waals surface area contributed by atoms with Crippen molar-refractivity contribution < 1.29 is 14.4 Å². The van der Waals surface area contributed by atoms with Crippen LogP contribution in [-0.2, 0) is 0 Å². The molecule has 0 unspecified atom stereocenters. The summed E-state index contributed by atoms with van der Waals surface area (Å²) >= 11 is 0. The molecule has 5 nitrogen and oxygen atoms in total. The Balaban J connectivity index is 1.81. The van der Waals surface area contributed by atoms with Crippen LogP contribution in [0.5, 0.6) is 0 Å². The van der Waals surface area contributed by atoms with Gasteiger partial charge in [-0.3, -0.25) is 0 Å². The zero-order valence-corrected chi connectivity index (χ0v) is 12.0. The third kappa shape index (κ3) is 2.96. The molecule has 2 aromatic rings. The number of aromatic nitrogens is 2. The first-order valence-electron chi connectivity index (χ1n) is 7.31. The number of rotatable bonds is 3. The lowest BCUT2D eigenvalue weighted by Crippen LogP contribution is -2.11. The summed E-state index contributed by atoms with van der Waals surface area (Å²) in [5, 5.41) is 13.0. The molecule has 1 saturated carbocycles. The Kier molecular flexibility index (Phi) is 3.73. The van der Waals surface area contributed by atoms with Crippen molar-refractivity contribution in [1.29, 1.82) is 0 Å². The van der Waals surface area contributed by atoms with E-state index >= 15 is 0 Å². The van der Waals surface area contributed by atoms with Gasteiger partial charge in [-0.1, -0.05) is 24.2 Å². The van der Waals surface area contributed by atoms with Gasteiger partial charge in [0.25, 0.3) is 0 Å². The van der Waals surface area contributed by atoms with Crippen molar-refractivity contribution in [1.82, 2.24) is 10.1 Å². The minimum absolute atomic E-state index is 0.227. The highest BCUT2D eigenvalue weighted by molar-refractivity contribution is 5.89. The molecule has 0 radical (unpaired) electrons. The normalized spacial score (nSPS) is 22.1. The summed E-state index contributed by atoms with van der Waals surface area (Å²) in [6.45, 7) is 2.27. The third-order valence-electron chi connectivity index (χ3n) is 4.17. The van der Waals surface area contributed by atoms with Crippen molar-refractivity contribution in [3.63, 3.8) is 0 Å². The predicted octanol–water partition coefficient (Wildman–Crippen LogP) is 3.73. The van der Waals surface area contributed by atoms with Crippen molar-refractivity contribution >= 4 is 5.97 Å². The lowest BCUT2D eigenvalue weighted by Gasteiger charge is -2.23. The fraction of sp³-hybridized carbons (Fsp3) is 0.438. The Morgan fingerprint density at radius 2 is 2.05 bits per heavy atom. The van der Waals surface area contributed by atoms with Crippen LogP contribution in [0, 0.1) is 5.92 Å². The first-order valence-corrected chi connectivity index (χ1v) is 7.31. The molecule has 1 N–H and O–H groups in total. The van der Waals surface area contributed by atoms with Gasteiger partial charge in [0.05, 0.1) is 5.56 Å². The molecule has 0 spiro atoms. The second-order valence-corrected chi connectivity index (χ2v) is 5.80. The number of carboxylic acid groups (broad SMARTS) is 1. The van der Waals surface area contributed by atoms with Gasteiger partial charge >= 0.3 is 5.97 Å². The first kappa shape index (κ1) is 13.8. The van der Waals surface area contributed by atoms with E-state index in [0.29, 0.717) is 23.2 Å². The fourth-order valence-electron chi connectivity index (χ4n) is 2.82. The Hall–Kier alpha value is -2.17. The number of benzene rings is 1. The molecule has 0 saturated heterocycles. The Morgan fingerprint density at radius 3 is 2.76 bits per heavy atom. The molecule has 1 aliphatic carbocycles. The minimum atomic E-state index is -0.957. The zero-order valence-electron chi connectivity index (χ0n) is 12.0. The maximum Gasteiger partial charge on any atom is 0.335 e. The number of aromatic carboxylic acids is 1. The molecule has 5 heteroatoms. The van der Waals surface area contributed by atoms with Gasteiger partial charge in [0.15, 0.2) is 0 Å². The minimum Gasteiger partial charge on any atom is -0.478 e. The predicted molar refractivity (Wildman–Crippen MR) is 77.1 cm³/mol. The summed E-state index contributed by atoms with van der Waals surface area (Å²) in [6.07, 6.45) is 4.55. The van der Waals surface area contributed by atoms with E-state index in [1.165, 1.54) is 12.8 Å². The summed E-state index contributed by atoms with van der Waals surface area (Å²) in [4.78, 5) is 15.5. The van der Waals surface area contributed by atoms with Gasteiger partial charge in [-0.05, 0) is 43.7 Å². The number of carboxylic acids is 1. The van der Waals surface area contributed by atoms with Crippen LogP contribution in [0.1, 0.15) is 54.8 Å². The third-order valence-corrected chi connectivity index (χ3v) is 4.17. The topological polar surface area (TPSA) is 76.2 Å². The molecule has 1 aromatic carbocycles. The van der Waals surface area contributed by atoms with Gasteiger partial charge in [-0.15, -0.1) is 0 Å². The van der Waals surface area contributed by atoms with Gasteiger partial charge in [-0.2, -0.15) is 4.98 Å². The molecule has 110 valence electrons. The molecule has 1 heterocycles. The molecule has 0 bridgehead atoms. The maximum absolute atomic E-state index is 11.0. The van der Waals surface area contributed by atoms with Crippen molar-refractivity contribution in [2.24, 2.45) is 5.92 Å². The fourth-order valence-corrected chi connectivity index (χ4v) is 2.82. The first-order chi connectivity index (χ1) is 10.1. The molecule has 1 fully saturated rings. The number of nitrogens with zero attached hydrogens (tertiary/aromatic N) is 2. The quantitative estimate of drug-likeness (QED) is 0.930. The summed E-state index contributed by atoms with van der Waals surface area (Å²) in [6, 6.07) is 6.61. The van der Waals surface area contributed by atoms with E-state index in [2.05, 4.69) is 17.1 Å². The highest BCUT2D eigenvalue weighted by atomic mass is 16.5. The van der Waals surface area contributed by atoms with E-state index in [1.54, 1.807) is 24.3 Å². The second kappa shape index (κ2) is 5.68. The summed E-state index contributed by atoms with van der Waals surface area (Å²) in [5.41, 5.74) is 0.902. The van der Waals surface area contributed by atoms with Crippen LogP contribution in [0.15, 0.2) is 28.8 Å². The van der Waals surface area contributed by atoms with E-state index in [-0.39, 0.29) is 5.56 Å². The van der Waals surface area contributed by atoms with Gasteiger partial charge in [-0.25, -0.2) is 4.79 Å². The summed E-state index contributed by atoms with van der Waals surface area (Å²) in [5.74, 6) is 1.30. The standard InChI is InChI=1S/C16H18N2O3/c1-10-5-7-11(8-6-10)15-17-14(18-21-15)12-3-2-4-13(9-12)16(19)20/h2-4,9-11H,5-8H2,1H3,(H,19,20). The monoisotopic (exact) mass is 286 g/mol. The molecule has 0 atom stereocenters. The number of hydrogen-bond acceptors (Lipinski definition) is 4. The molecular weight excluding hydrogens is 268 g/mol. The smallest absolute Gasteiger partial charge is 0.335 e. The van der Waals surface area contributed by atoms with Crippen LogP contribution in [0.25, 0.3) is 11.4 Å². The summed E-state index contributed by atoms with van der Waals surface area (Å²) in [7, 11) is 0. The van der Waals surface area contributed by atoms with Crippen molar-refractivity contribution in [2.45, 2.75) is 38.5 Å². The molecular formula is C16H18N2O3. The molecule has 21 heavy (non-hydrogen) atoms. The zero-order chi connectivity index (χ0) is 14.8. The van der Waals surface area contributed by atoms with Crippen LogP contribution in [0.3, 0.4) is 0 Å². The maximum atomic E-state index is 11.0. The molecule has 3 rings (SSSR count). The average Bonchev–Trinajstić information content (AvgIpc) is 2.98. The van der Waals surface area contributed by atoms with Crippen LogP contribution in [-0.4, -0.2) is 21.2 Å². The van der Waals surface area contributed by atoms with Crippen molar-refractivity contribution in [3.8, 4) is 11.4 Å². The SMILES string of the molecule is CC1CCC(c2nc(-c3cccc(C(=O)O)c3)no2)CC1. The van der Waals surface area contributed by atoms with Crippen LogP contribution in [0.4, 0.5) is 0 Å². The summed E-state index contributed by atoms with van der Waals surface area (Å²) < 4.78 is 5.39. The van der Waals surface area contributed by atoms with Gasteiger partial charge < -0.3 is 9.63 Å². The van der Waals surface area contributed by atoms with Crippen LogP contribution >= 0.6 is 0 Å². The molecule has 0 aliphatic heterocycles. The van der Waals surface area contributed by atoms with Gasteiger partial charge in [0.1, 0.15) is 0 Å². The average molecular weight is 286 g/mol. The molecule has 1 aromatic heterocycles. The number of carbonyl (C=O) groups is 1. The Labute approximate surface area is 123 Å². The van der Waals surface area contributed by atoms with E-state index in [4.69, 9.17) is 9.63 Å². The second-order valence-electron chi connectivity index (χ2n) is 5.80. The van der Waals surface area contributed by atoms with Gasteiger partial charge in [0, 0.05) is 11.5 Å². The lowest BCUT2D eigenvalue weighted by atomic mass is 9.83. The van der Waals surface area contributed by atoms with Gasteiger partial charge in [0.2, 0.25) is 11.7 Å². The lowest BCUT2D eigenvalue weighted by molar-refractivity contribution is 0.0697. The Morgan fingerprint density at radius 1 is 1.29 bits per heavy atom. The van der Waals surface area contributed by atoms with Crippen molar-refractivity contribution in [2.75, 3.05) is 0 Å². The Bertz CT molecular complexity index is 642. The highest BCUT2D eigenvalue weighted by Gasteiger charge is 2.24. The van der Waals surface area contributed by atoms with E-state index in [0.717, 1.165) is 18.8 Å². The molecule has 0 amide bonds. The van der Waals surface area contributed by atoms with E-state index < -0.39 is 5.97 Å². The largest absolute Gasteiger partial charge is 0.478 e. The molecule has 1 aliphatic rings. The number of hydrogen-bond donors (Lipinski definition) is 1.